The van der Waals surface area contributed by atoms with Crippen molar-refractivity contribution in [3.05, 3.63) is 54.1 Å². The number of piperidine rings is 1. The third-order valence-electron chi connectivity index (χ3n) is 5.07. The smallest absolute Gasteiger partial charge is 0.191 e. The Morgan fingerprint density at radius 2 is 2.13 bits per heavy atom. The number of likely N-dealkylation sites (tertiary alicyclic amines) is 1. The van der Waals surface area contributed by atoms with Crippen LogP contribution in [0.4, 0.5) is 4.39 Å². The van der Waals surface area contributed by atoms with E-state index < -0.39 is 0 Å². The quantitative estimate of drug-likeness (QED) is 0.392. The van der Waals surface area contributed by atoms with E-state index in [1.807, 2.05) is 18.2 Å². The number of aliphatic imine (C=N–C) groups is 1. The van der Waals surface area contributed by atoms with Gasteiger partial charge in [0.1, 0.15) is 12.4 Å². The molecule has 0 unspecified atom stereocenters. The third kappa shape index (κ3) is 6.59. The Kier molecular flexibility index (Phi) is 8.26. The number of pyridine rings is 1. The number of ether oxygens (including phenoxy) is 2. The van der Waals surface area contributed by atoms with Crippen molar-refractivity contribution in [3.8, 4) is 11.5 Å². The first-order valence-corrected chi connectivity index (χ1v) is 10.2. The number of rotatable bonds is 8. The Balaban J connectivity index is 1.36. The molecule has 1 fully saturated rings. The van der Waals surface area contributed by atoms with Gasteiger partial charge in [-0.3, -0.25) is 14.9 Å². The summed E-state index contributed by atoms with van der Waals surface area (Å²) in [6.07, 6.45) is 5.43. The van der Waals surface area contributed by atoms with E-state index in [1.165, 1.54) is 7.11 Å². The van der Waals surface area contributed by atoms with Crippen LogP contribution in [0, 0.1) is 5.82 Å². The van der Waals surface area contributed by atoms with Gasteiger partial charge in [0, 0.05) is 38.9 Å². The maximum absolute atomic E-state index is 13.9. The Hall–Kier alpha value is -2.87. The minimum absolute atomic E-state index is 0.284. The zero-order valence-electron chi connectivity index (χ0n) is 17.6. The van der Waals surface area contributed by atoms with Gasteiger partial charge in [-0.15, -0.1) is 0 Å². The van der Waals surface area contributed by atoms with E-state index in [0.717, 1.165) is 49.7 Å². The summed E-state index contributed by atoms with van der Waals surface area (Å²) in [5.41, 5.74) is 0.964. The summed E-state index contributed by atoms with van der Waals surface area (Å²) < 4.78 is 24.5. The van der Waals surface area contributed by atoms with Gasteiger partial charge >= 0.3 is 0 Å². The normalized spacial score (nSPS) is 15.6. The summed E-state index contributed by atoms with van der Waals surface area (Å²) in [5, 5.41) is 6.76. The highest BCUT2D eigenvalue weighted by atomic mass is 19.1. The van der Waals surface area contributed by atoms with Crippen LogP contribution in [-0.4, -0.2) is 62.3 Å². The Labute approximate surface area is 177 Å². The summed E-state index contributed by atoms with van der Waals surface area (Å²) in [7, 11) is 3.25. The van der Waals surface area contributed by atoms with Gasteiger partial charge in [-0.25, -0.2) is 4.39 Å². The summed E-state index contributed by atoms with van der Waals surface area (Å²) in [6.45, 7) is 3.82. The average molecular weight is 416 g/mol. The summed E-state index contributed by atoms with van der Waals surface area (Å²) in [5.74, 6) is 1.51. The van der Waals surface area contributed by atoms with Crippen molar-refractivity contribution >= 4 is 5.96 Å². The fourth-order valence-electron chi connectivity index (χ4n) is 3.46. The fourth-order valence-corrected chi connectivity index (χ4v) is 3.46. The molecule has 2 heterocycles. The highest BCUT2D eigenvalue weighted by molar-refractivity contribution is 5.79. The maximum Gasteiger partial charge on any atom is 0.191 e. The molecule has 0 amide bonds. The molecule has 2 aromatic rings. The SMILES string of the molecule is CN=C(NCCOc1cccnc1)NC1CCN(Cc2ccc(OC)c(F)c2)CC1. The molecule has 0 radical (unpaired) electrons. The van der Waals surface area contributed by atoms with Gasteiger partial charge in [-0.1, -0.05) is 6.07 Å². The molecule has 162 valence electrons. The van der Waals surface area contributed by atoms with Gasteiger partial charge in [0.15, 0.2) is 17.5 Å². The first-order chi connectivity index (χ1) is 14.7. The summed E-state index contributed by atoms with van der Waals surface area (Å²) in [6, 6.07) is 9.26. The van der Waals surface area contributed by atoms with Crippen LogP contribution in [0.3, 0.4) is 0 Å². The Bertz CT molecular complexity index is 810. The molecule has 1 aliphatic rings. The molecule has 0 atom stereocenters. The van der Waals surface area contributed by atoms with Crippen LogP contribution < -0.4 is 20.1 Å². The van der Waals surface area contributed by atoms with Gasteiger partial charge in [0.25, 0.3) is 0 Å². The van der Waals surface area contributed by atoms with E-state index in [9.17, 15) is 4.39 Å². The number of methoxy groups -OCH3 is 1. The van der Waals surface area contributed by atoms with Gasteiger partial charge in [-0.05, 0) is 42.7 Å². The number of guanidine groups is 1. The van der Waals surface area contributed by atoms with Crippen molar-refractivity contribution in [2.24, 2.45) is 4.99 Å². The predicted molar refractivity (Wildman–Crippen MR) is 115 cm³/mol. The van der Waals surface area contributed by atoms with Crippen LogP contribution in [-0.2, 0) is 6.54 Å². The standard InChI is InChI=1S/C22H30FN5O2/c1-24-22(26-10-13-30-19-4-3-9-25-15-19)27-18-7-11-28(12-8-18)16-17-5-6-21(29-2)20(23)14-17/h3-6,9,14-15,18H,7-8,10-13,16H2,1-2H3,(H2,24,26,27). The Morgan fingerprint density at radius 1 is 1.30 bits per heavy atom. The number of hydrogen-bond acceptors (Lipinski definition) is 5. The van der Waals surface area contributed by atoms with Crippen LogP contribution >= 0.6 is 0 Å². The number of aromatic nitrogens is 1. The van der Waals surface area contributed by atoms with E-state index in [-0.39, 0.29) is 11.6 Å². The van der Waals surface area contributed by atoms with Crippen molar-refractivity contribution in [3.63, 3.8) is 0 Å². The van der Waals surface area contributed by atoms with E-state index in [1.54, 1.807) is 31.6 Å². The van der Waals surface area contributed by atoms with Crippen molar-refractivity contribution in [1.29, 1.82) is 0 Å². The number of hydrogen-bond donors (Lipinski definition) is 2. The van der Waals surface area contributed by atoms with Gasteiger partial charge in [-0.2, -0.15) is 0 Å². The molecule has 7 nitrogen and oxygen atoms in total. The van der Waals surface area contributed by atoms with Crippen molar-refractivity contribution in [2.45, 2.75) is 25.4 Å². The average Bonchev–Trinajstić information content (AvgIpc) is 2.78. The van der Waals surface area contributed by atoms with Crippen LogP contribution in [0.5, 0.6) is 11.5 Å². The molecule has 30 heavy (non-hydrogen) atoms. The second kappa shape index (κ2) is 11.3. The number of nitrogens with zero attached hydrogens (tertiary/aromatic N) is 3. The molecule has 0 aliphatic carbocycles. The monoisotopic (exact) mass is 415 g/mol. The molecular weight excluding hydrogens is 385 g/mol. The van der Waals surface area contributed by atoms with Crippen LogP contribution in [0.1, 0.15) is 18.4 Å². The van der Waals surface area contributed by atoms with Gasteiger partial charge < -0.3 is 20.1 Å². The molecule has 1 aromatic carbocycles. The molecule has 1 aliphatic heterocycles. The first kappa shape index (κ1) is 21.8. The lowest BCUT2D eigenvalue weighted by atomic mass is 10.0. The van der Waals surface area contributed by atoms with E-state index in [2.05, 4.69) is 25.5 Å². The predicted octanol–water partition coefficient (Wildman–Crippen LogP) is 2.44. The molecule has 8 heteroatoms. The summed E-state index contributed by atoms with van der Waals surface area (Å²) >= 11 is 0. The molecule has 0 saturated carbocycles. The van der Waals surface area contributed by atoms with Gasteiger partial charge in [0.05, 0.1) is 19.9 Å². The first-order valence-electron chi connectivity index (χ1n) is 10.2. The van der Waals surface area contributed by atoms with E-state index in [0.29, 0.717) is 19.2 Å². The van der Waals surface area contributed by atoms with Crippen molar-refractivity contribution < 1.29 is 13.9 Å². The minimum atomic E-state index is -0.311. The zero-order valence-corrected chi connectivity index (χ0v) is 17.6. The van der Waals surface area contributed by atoms with E-state index >= 15 is 0 Å². The lowest BCUT2D eigenvalue weighted by molar-refractivity contribution is 0.198. The second-order valence-corrected chi connectivity index (χ2v) is 7.20. The second-order valence-electron chi connectivity index (χ2n) is 7.20. The lowest BCUT2D eigenvalue weighted by Gasteiger charge is -2.33. The number of halogens is 1. The zero-order chi connectivity index (χ0) is 21.2. The van der Waals surface area contributed by atoms with Crippen molar-refractivity contribution in [2.75, 3.05) is 40.4 Å². The lowest BCUT2D eigenvalue weighted by Crippen LogP contribution is -2.49. The molecule has 1 aromatic heterocycles. The van der Waals surface area contributed by atoms with Crippen LogP contribution in [0.25, 0.3) is 0 Å². The molecule has 0 spiro atoms. The Morgan fingerprint density at radius 3 is 2.80 bits per heavy atom. The maximum atomic E-state index is 13.9. The molecule has 2 N–H and O–H groups in total. The minimum Gasteiger partial charge on any atom is -0.494 e. The molecule has 0 bridgehead atoms. The fraction of sp³-hybridized carbons (Fsp3) is 0.455. The third-order valence-corrected chi connectivity index (χ3v) is 5.07. The van der Waals surface area contributed by atoms with Crippen LogP contribution in [0.2, 0.25) is 0 Å². The molecular formula is C22H30FN5O2. The van der Waals surface area contributed by atoms with Crippen molar-refractivity contribution in [1.82, 2.24) is 20.5 Å². The largest absolute Gasteiger partial charge is 0.494 e. The van der Waals surface area contributed by atoms with E-state index in [4.69, 9.17) is 9.47 Å². The number of nitrogens with one attached hydrogen (secondary N) is 2. The highest BCUT2D eigenvalue weighted by Crippen LogP contribution is 2.20. The topological polar surface area (TPSA) is 71.0 Å². The highest BCUT2D eigenvalue weighted by Gasteiger charge is 2.20. The molecule has 1 saturated heterocycles. The number of benzene rings is 1. The summed E-state index contributed by atoms with van der Waals surface area (Å²) in [4.78, 5) is 10.7. The van der Waals surface area contributed by atoms with Gasteiger partial charge in [0.2, 0.25) is 0 Å². The molecule has 3 rings (SSSR count). The van der Waals surface area contributed by atoms with Crippen LogP contribution in [0.15, 0.2) is 47.7 Å².